The highest BCUT2D eigenvalue weighted by Crippen LogP contribution is 2.18. The van der Waals surface area contributed by atoms with E-state index in [1.807, 2.05) is 45.0 Å². The van der Waals surface area contributed by atoms with Crippen LogP contribution in [-0.4, -0.2) is 12.5 Å². The fourth-order valence-corrected chi connectivity index (χ4v) is 1.92. The Labute approximate surface area is 105 Å². The van der Waals surface area contributed by atoms with Crippen LogP contribution < -0.4 is 5.32 Å². The number of hydrogen-bond acceptors (Lipinski definition) is 1. The number of nitrogens with one attached hydrogen (secondary N) is 1. The van der Waals surface area contributed by atoms with Gasteiger partial charge in [-0.05, 0) is 54.4 Å². The summed E-state index contributed by atoms with van der Waals surface area (Å²) in [6.07, 6.45) is 1.99. The summed E-state index contributed by atoms with van der Waals surface area (Å²) in [5.41, 5.74) is 3.00. The van der Waals surface area contributed by atoms with E-state index < -0.39 is 0 Å². The Bertz CT molecular complexity index is 420. The first-order chi connectivity index (χ1) is 7.50. The van der Waals surface area contributed by atoms with E-state index in [1.54, 1.807) is 0 Å². The first-order valence-corrected chi connectivity index (χ1v) is 5.97. The lowest BCUT2D eigenvalue weighted by Crippen LogP contribution is -2.23. The van der Waals surface area contributed by atoms with Crippen molar-refractivity contribution in [3.63, 3.8) is 0 Å². The minimum atomic E-state index is -0.0515. The van der Waals surface area contributed by atoms with Crippen molar-refractivity contribution in [2.75, 3.05) is 6.54 Å². The molecule has 0 heterocycles. The molecule has 0 aliphatic rings. The molecule has 86 valence electrons. The van der Waals surface area contributed by atoms with Gasteiger partial charge in [-0.2, -0.15) is 0 Å². The smallest absolute Gasteiger partial charge is 0.252 e. The molecule has 0 aromatic heterocycles. The van der Waals surface area contributed by atoms with Gasteiger partial charge in [0, 0.05) is 11.0 Å². The van der Waals surface area contributed by atoms with Gasteiger partial charge in [0.2, 0.25) is 0 Å². The number of amides is 1. The van der Waals surface area contributed by atoms with Crippen LogP contribution in [0.3, 0.4) is 0 Å². The topological polar surface area (TPSA) is 29.1 Å². The van der Waals surface area contributed by atoms with Gasteiger partial charge in [-0.1, -0.05) is 17.7 Å². The predicted molar refractivity (Wildman–Crippen MR) is 70.6 cm³/mol. The van der Waals surface area contributed by atoms with Gasteiger partial charge in [0.1, 0.15) is 0 Å². The molecular formula is C13H16BrNO. The van der Waals surface area contributed by atoms with Crippen LogP contribution in [0, 0.1) is 6.92 Å². The number of halogens is 1. The van der Waals surface area contributed by atoms with Crippen LogP contribution in [0.25, 0.3) is 0 Å². The molecule has 0 saturated carbocycles. The molecule has 0 aliphatic carbocycles. The summed E-state index contributed by atoms with van der Waals surface area (Å²) >= 11 is 3.39. The second kappa shape index (κ2) is 5.85. The molecule has 16 heavy (non-hydrogen) atoms. The number of allylic oxidation sites excluding steroid dienone is 1. The average molecular weight is 282 g/mol. The van der Waals surface area contributed by atoms with E-state index in [-0.39, 0.29) is 5.91 Å². The van der Waals surface area contributed by atoms with Crippen molar-refractivity contribution in [2.45, 2.75) is 20.8 Å². The summed E-state index contributed by atoms with van der Waals surface area (Å²) in [5, 5.41) is 2.85. The van der Waals surface area contributed by atoms with Crippen LogP contribution >= 0.6 is 15.9 Å². The Morgan fingerprint density at radius 3 is 2.69 bits per heavy atom. The highest BCUT2D eigenvalue weighted by atomic mass is 79.9. The first kappa shape index (κ1) is 13.0. The maximum Gasteiger partial charge on any atom is 0.252 e. The Kier molecular flexibility index (Phi) is 4.74. The zero-order valence-electron chi connectivity index (χ0n) is 9.80. The van der Waals surface area contributed by atoms with E-state index in [9.17, 15) is 4.79 Å². The van der Waals surface area contributed by atoms with Crippen LogP contribution in [0.2, 0.25) is 0 Å². The number of aryl methyl sites for hydroxylation is 1. The molecule has 0 spiro atoms. The zero-order chi connectivity index (χ0) is 12.1. The molecule has 0 bridgehead atoms. The van der Waals surface area contributed by atoms with Gasteiger partial charge >= 0.3 is 0 Å². The average Bonchev–Trinajstić information content (AvgIpc) is 2.16. The molecule has 0 saturated heterocycles. The number of carbonyl (C=O) groups is 1. The molecule has 1 aromatic carbocycles. The predicted octanol–water partition coefficient (Wildman–Crippen LogP) is 3.45. The third-order valence-electron chi connectivity index (χ3n) is 2.14. The largest absolute Gasteiger partial charge is 0.349 e. The summed E-state index contributed by atoms with van der Waals surface area (Å²) in [7, 11) is 0. The molecule has 0 aliphatic heterocycles. The van der Waals surface area contributed by atoms with Crippen LogP contribution in [0.15, 0.2) is 34.3 Å². The van der Waals surface area contributed by atoms with Gasteiger partial charge in [-0.25, -0.2) is 0 Å². The Hall–Kier alpha value is -1.09. The standard InChI is InChI=1S/C13H16BrNO/c1-9(2)6-7-15-13(16)11-5-4-10(3)8-12(11)14/h4-6,8H,7H2,1-3H3,(H,15,16). The van der Waals surface area contributed by atoms with Crippen molar-refractivity contribution in [1.29, 1.82) is 0 Å². The Balaban J connectivity index is 2.70. The van der Waals surface area contributed by atoms with Crippen molar-refractivity contribution in [1.82, 2.24) is 5.32 Å². The third-order valence-corrected chi connectivity index (χ3v) is 2.80. The minimum Gasteiger partial charge on any atom is -0.349 e. The molecule has 0 radical (unpaired) electrons. The molecule has 1 amide bonds. The second-order valence-electron chi connectivity index (χ2n) is 3.97. The summed E-state index contributed by atoms with van der Waals surface area (Å²) in [4.78, 5) is 11.8. The number of rotatable bonds is 3. The summed E-state index contributed by atoms with van der Waals surface area (Å²) in [6, 6.07) is 5.70. The van der Waals surface area contributed by atoms with Crippen molar-refractivity contribution >= 4 is 21.8 Å². The lowest BCUT2D eigenvalue weighted by Gasteiger charge is -2.05. The molecular weight excluding hydrogens is 266 g/mol. The van der Waals surface area contributed by atoms with Crippen LogP contribution in [0.4, 0.5) is 0 Å². The van der Waals surface area contributed by atoms with Crippen LogP contribution in [-0.2, 0) is 0 Å². The number of carbonyl (C=O) groups excluding carboxylic acids is 1. The van der Waals surface area contributed by atoms with Gasteiger partial charge in [-0.15, -0.1) is 0 Å². The molecule has 0 unspecified atom stereocenters. The molecule has 2 nitrogen and oxygen atoms in total. The van der Waals surface area contributed by atoms with E-state index in [2.05, 4.69) is 21.2 Å². The zero-order valence-corrected chi connectivity index (χ0v) is 11.4. The second-order valence-corrected chi connectivity index (χ2v) is 4.83. The summed E-state index contributed by atoms with van der Waals surface area (Å²) in [6.45, 7) is 6.58. The van der Waals surface area contributed by atoms with Crippen molar-refractivity contribution in [3.05, 3.63) is 45.4 Å². The van der Waals surface area contributed by atoms with Gasteiger partial charge in [-0.3, -0.25) is 4.79 Å². The van der Waals surface area contributed by atoms with Gasteiger partial charge in [0.15, 0.2) is 0 Å². The minimum absolute atomic E-state index is 0.0515. The van der Waals surface area contributed by atoms with Gasteiger partial charge < -0.3 is 5.32 Å². The van der Waals surface area contributed by atoms with E-state index in [0.717, 1.165) is 10.0 Å². The molecule has 1 aromatic rings. The SMILES string of the molecule is CC(C)=CCNC(=O)c1ccc(C)cc1Br. The van der Waals surface area contributed by atoms with Crippen molar-refractivity contribution in [2.24, 2.45) is 0 Å². The van der Waals surface area contributed by atoms with E-state index in [1.165, 1.54) is 5.57 Å². The summed E-state index contributed by atoms with van der Waals surface area (Å²) < 4.78 is 0.835. The number of hydrogen-bond donors (Lipinski definition) is 1. The highest BCUT2D eigenvalue weighted by Gasteiger charge is 2.08. The maximum absolute atomic E-state index is 11.8. The maximum atomic E-state index is 11.8. The molecule has 0 atom stereocenters. The molecule has 1 rings (SSSR count). The lowest BCUT2D eigenvalue weighted by molar-refractivity contribution is 0.0957. The fraction of sp³-hybridized carbons (Fsp3) is 0.308. The third kappa shape index (κ3) is 3.81. The number of benzene rings is 1. The van der Waals surface area contributed by atoms with E-state index in [4.69, 9.17) is 0 Å². The fourth-order valence-electron chi connectivity index (χ4n) is 1.25. The monoisotopic (exact) mass is 281 g/mol. The van der Waals surface area contributed by atoms with Gasteiger partial charge in [0.25, 0.3) is 5.91 Å². The first-order valence-electron chi connectivity index (χ1n) is 5.18. The van der Waals surface area contributed by atoms with E-state index >= 15 is 0 Å². The molecule has 1 N–H and O–H groups in total. The molecule has 3 heteroatoms. The normalized spacial score (nSPS) is 9.75. The van der Waals surface area contributed by atoms with Crippen molar-refractivity contribution in [3.8, 4) is 0 Å². The highest BCUT2D eigenvalue weighted by molar-refractivity contribution is 9.10. The van der Waals surface area contributed by atoms with Crippen molar-refractivity contribution < 1.29 is 4.79 Å². The van der Waals surface area contributed by atoms with Gasteiger partial charge in [0.05, 0.1) is 5.56 Å². The molecule has 0 fully saturated rings. The van der Waals surface area contributed by atoms with E-state index in [0.29, 0.717) is 12.1 Å². The van der Waals surface area contributed by atoms with Crippen LogP contribution in [0.5, 0.6) is 0 Å². The Morgan fingerprint density at radius 1 is 1.44 bits per heavy atom. The lowest BCUT2D eigenvalue weighted by atomic mass is 10.1. The Morgan fingerprint density at radius 2 is 2.12 bits per heavy atom. The quantitative estimate of drug-likeness (QED) is 0.845. The summed E-state index contributed by atoms with van der Waals surface area (Å²) in [5.74, 6) is -0.0515. The van der Waals surface area contributed by atoms with Crippen LogP contribution in [0.1, 0.15) is 29.8 Å².